The van der Waals surface area contributed by atoms with Gasteiger partial charge < -0.3 is 4.74 Å². The van der Waals surface area contributed by atoms with E-state index in [4.69, 9.17) is 4.74 Å². The highest BCUT2D eigenvalue weighted by Gasteiger charge is 2.03. The van der Waals surface area contributed by atoms with Gasteiger partial charge in [-0.15, -0.1) is 0 Å². The van der Waals surface area contributed by atoms with Crippen LogP contribution in [-0.4, -0.2) is 12.8 Å². The van der Waals surface area contributed by atoms with Crippen molar-refractivity contribution >= 4 is 17.5 Å². The molecule has 1 aliphatic heterocycles. The van der Waals surface area contributed by atoms with Gasteiger partial charge in [0.05, 0.1) is 18.5 Å². The first-order valence-corrected chi connectivity index (χ1v) is 4.46. The zero-order valence-electron chi connectivity index (χ0n) is 8.24. The zero-order chi connectivity index (χ0) is 9.97. The van der Waals surface area contributed by atoms with E-state index >= 15 is 0 Å². The monoisotopic (exact) mass is 188 g/mol. The fourth-order valence-electron chi connectivity index (χ4n) is 1.30. The van der Waals surface area contributed by atoms with Crippen molar-refractivity contribution in [3.8, 4) is 5.75 Å². The molecule has 0 saturated heterocycles. The Morgan fingerprint density at radius 2 is 2.14 bits per heavy atom. The van der Waals surface area contributed by atoms with Gasteiger partial charge in [0, 0.05) is 5.56 Å². The van der Waals surface area contributed by atoms with Crippen molar-refractivity contribution in [3.63, 3.8) is 0 Å². The third kappa shape index (κ3) is 1.62. The Bertz CT molecular complexity index is 408. The molecule has 1 N–H and O–H groups in total. The Morgan fingerprint density at radius 3 is 2.93 bits per heavy atom. The van der Waals surface area contributed by atoms with E-state index in [1.54, 1.807) is 7.11 Å². The van der Waals surface area contributed by atoms with Crippen LogP contribution in [-0.2, 0) is 0 Å². The molecule has 1 aliphatic rings. The van der Waals surface area contributed by atoms with Crippen LogP contribution in [0, 0.1) is 0 Å². The zero-order valence-corrected chi connectivity index (χ0v) is 8.24. The van der Waals surface area contributed by atoms with Crippen LogP contribution in [0.2, 0.25) is 0 Å². The van der Waals surface area contributed by atoms with Crippen molar-refractivity contribution in [2.45, 2.75) is 6.92 Å². The van der Waals surface area contributed by atoms with Crippen LogP contribution >= 0.6 is 0 Å². The lowest BCUT2D eigenvalue weighted by atomic mass is 10.1. The third-order valence-electron chi connectivity index (χ3n) is 2.12. The van der Waals surface area contributed by atoms with Crippen molar-refractivity contribution in [2.24, 2.45) is 5.10 Å². The summed E-state index contributed by atoms with van der Waals surface area (Å²) in [5, 5.41) is 4.16. The minimum Gasteiger partial charge on any atom is -0.497 e. The molecule has 3 nitrogen and oxygen atoms in total. The maximum atomic E-state index is 5.15. The number of ether oxygens (including phenoxy) is 1. The van der Waals surface area contributed by atoms with Gasteiger partial charge in [-0.05, 0) is 31.2 Å². The van der Waals surface area contributed by atoms with Crippen molar-refractivity contribution in [1.29, 1.82) is 0 Å². The van der Waals surface area contributed by atoms with E-state index in [9.17, 15) is 0 Å². The van der Waals surface area contributed by atoms with Gasteiger partial charge in [0.25, 0.3) is 0 Å². The van der Waals surface area contributed by atoms with E-state index in [0.717, 1.165) is 22.7 Å². The average molecular weight is 188 g/mol. The lowest BCUT2D eigenvalue weighted by Gasteiger charge is -2.05. The number of hydrogen-bond acceptors (Lipinski definition) is 3. The van der Waals surface area contributed by atoms with Crippen molar-refractivity contribution < 1.29 is 4.74 Å². The number of nitrogens with zero attached hydrogens (tertiary/aromatic N) is 1. The second-order valence-electron chi connectivity index (χ2n) is 3.15. The van der Waals surface area contributed by atoms with E-state index < -0.39 is 0 Å². The topological polar surface area (TPSA) is 33.6 Å². The fraction of sp³-hybridized carbons (Fsp3) is 0.182. The number of methoxy groups -OCH3 is 1. The van der Waals surface area contributed by atoms with E-state index in [2.05, 4.69) is 10.5 Å². The molecule has 1 aromatic carbocycles. The van der Waals surface area contributed by atoms with E-state index in [0.29, 0.717) is 0 Å². The van der Waals surface area contributed by atoms with Gasteiger partial charge in [-0.25, -0.2) is 0 Å². The number of rotatable bonds is 1. The largest absolute Gasteiger partial charge is 0.497 e. The fourth-order valence-corrected chi connectivity index (χ4v) is 1.30. The molecular formula is C11H12N2O. The van der Waals surface area contributed by atoms with E-state index in [1.807, 2.05) is 37.3 Å². The summed E-state index contributed by atoms with van der Waals surface area (Å²) in [6.07, 6.45) is 4.00. The first-order valence-electron chi connectivity index (χ1n) is 4.46. The predicted octanol–water partition coefficient (Wildman–Crippen LogP) is 2.51. The lowest BCUT2D eigenvalue weighted by molar-refractivity contribution is 0.415. The number of hydrogen-bond donors (Lipinski definition) is 1. The molecule has 0 amide bonds. The molecule has 0 radical (unpaired) electrons. The first kappa shape index (κ1) is 8.81. The molecule has 0 aliphatic carbocycles. The summed E-state index contributed by atoms with van der Waals surface area (Å²) in [7, 11) is 1.66. The molecule has 0 fully saturated rings. The summed E-state index contributed by atoms with van der Waals surface area (Å²) in [4.78, 5) is 0. The summed E-state index contributed by atoms with van der Waals surface area (Å²) < 4.78 is 5.15. The van der Waals surface area contributed by atoms with Crippen molar-refractivity contribution in [3.05, 3.63) is 29.8 Å². The van der Waals surface area contributed by atoms with Crippen LogP contribution in [0.4, 0.5) is 5.69 Å². The highest BCUT2D eigenvalue weighted by Crippen LogP contribution is 2.24. The van der Waals surface area contributed by atoms with Crippen LogP contribution in [0.25, 0.3) is 6.08 Å². The molecule has 0 unspecified atom stereocenters. The third-order valence-corrected chi connectivity index (χ3v) is 2.12. The van der Waals surface area contributed by atoms with E-state index in [-0.39, 0.29) is 0 Å². The smallest absolute Gasteiger partial charge is 0.119 e. The molecule has 1 aromatic rings. The number of fused-ring (bicyclic) bond motifs is 1. The molecular weight excluding hydrogens is 176 g/mol. The van der Waals surface area contributed by atoms with Crippen LogP contribution in [0.3, 0.4) is 0 Å². The molecule has 0 atom stereocenters. The molecule has 0 bridgehead atoms. The summed E-state index contributed by atoms with van der Waals surface area (Å²) >= 11 is 0. The Balaban J connectivity index is 2.44. The Morgan fingerprint density at radius 1 is 1.29 bits per heavy atom. The molecule has 0 aromatic heterocycles. The van der Waals surface area contributed by atoms with Crippen LogP contribution in [0.15, 0.2) is 29.4 Å². The molecule has 1 heterocycles. The first-order chi connectivity index (χ1) is 6.79. The molecule has 3 heteroatoms. The number of anilines is 1. The van der Waals surface area contributed by atoms with Crippen LogP contribution in [0.5, 0.6) is 5.75 Å². The summed E-state index contributed by atoms with van der Waals surface area (Å²) in [5.74, 6) is 0.856. The molecule has 72 valence electrons. The van der Waals surface area contributed by atoms with Gasteiger partial charge in [0.1, 0.15) is 5.75 Å². The van der Waals surface area contributed by atoms with E-state index in [1.165, 1.54) is 0 Å². The second kappa shape index (κ2) is 3.54. The Hall–Kier alpha value is -1.77. The predicted molar refractivity (Wildman–Crippen MR) is 58.8 cm³/mol. The van der Waals surface area contributed by atoms with Gasteiger partial charge in [-0.2, -0.15) is 5.10 Å². The number of allylic oxidation sites excluding steroid dienone is 1. The highest BCUT2D eigenvalue weighted by molar-refractivity contribution is 5.98. The molecule has 0 saturated carbocycles. The number of benzene rings is 1. The SMILES string of the molecule is COc1ccc2c(c1)C=CC(C)=NN2. The number of nitrogens with one attached hydrogen (secondary N) is 1. The van der Waals surface area contributed by atoms with Gasteiger partial charge >= 0.3 is 0 Å². The normalized spacial score (nSPS) is 13.7. The van der Waals surface area contributed by atoms with Gasteiger partial charge in [0.15, 0.2) is 0 Å². The maximum Gasteiger partial charge on any atom is 0.119 e. The Labute approximate surface area is 83.1 Å². The molecule has 0 spiro atoms. The van der Waals surface area contributed by atoms with Crippen LogP contribution in [0.1, 0.15) is 12.5 Å². The average Bonchev–Trinajstić information content (AvgIpc) is 2.40. The lowest BCUT2D eigenvalue weighted by Crippen LogP contribution is -1.93. The summed E-state index contributed by atoms with van der Waals surface area (Å²) in [6.45, 7) is 1.95. The van der Waals surface area contributed by atoms with Crippen molar-refractivity contribution in [1.82, 2.24) is 0 Å². The molecule has 14 heavy (non-hydrogen) atoms. The standard InChI is InChI=1S/C11H12N2O/c1-8-3-4-9-7-10(14-2)5-6-11(9)13-12-8/h3-7,13H,1-2H3. The maximum absolute atomic E-state index is 5.15. The minimum atomic E-state index is 0.856. The van der Waals surface area contributed by atoms with Crippen molar-refractivity contribution in [2.75, 3.05) is 12.5 Å². The highest BCUT2D eigenvalue weighted by atomic mass is 16.5. The van der Waals surface area contributed by atoms with Crippen LogP contribution < -0.4 is 10.2 Å². The quantitative estimate of drug-likeness (QED) is 0.734. The molecule has 2 rings (SSSR count). The second-order valence-corrected chi connectivity index (χ2v) is 3.15. The van der Waals surface area contributed by atoms with Gasteiger partial charge in [-0.3, -0.25) is 5.43 Å². The van der Waals surface area contributed by atoms with Gasteiger partial charge in [0.2, 0.25) is 0 Å². The summed E-state index contributed by atoms with van der Waals surface area (Å²) in [5.41, 5.74) is 6.04. The Kier molecular flexibility index (Phi) is 2.23. The number of hydrazone groups is 1. The minimum absolute atomic E-state index is 0.856. The van der Waals surface area contributed by atoms with Gasteiger partial charge in [-0.1, -0.05) is 6.08 Å². The summed E-state index contributed by atoms with van der Waals surface area (Å²) in [6, 6.07) is 5.85.